The average Bonchev–Trinajstić information content (AvgIpc) is 3.14. The van der Waals surface area contributed by atoms with E-state index in [-0.39, 0.29) is 24.2 Å². The Kier molecular flexibility index (Phi) is 6.47. The largest absolute Gasteiger partial charge is 0.358 e. The smallest absolute Gasteiger partial charge is 0.208 e. The fourth-order valence-corrected chi connectivity index (χ4v) is 3.71. The zero-order chi connectivity index (χ0) is 22.8. The van der Waals surface area contributed by atoms with E-state index in [4.69, 9.17) is 0 Å². The van der Waals surface area contributed by atoms with Crippen molar-refractivity contribution >= 4 is 27.3 Å². The van der Waals surface area contributed by atoms with Gasteiger partial charge in [-0.05, 0) is 11.0 Å². The molecule has 166 valence electrons. The molecular weight excluding hydrogens is 414 g/mol. The average molecular weight is 444 g/mol. The maximum absolute atomic E-state index is 12.9. The maximum Gasteiger partial charge on any atom is 0.208 e. The van der Waals surface area contributed by atoms with Crippen molar-refractivity contribution < 1.29 is 13.2 Å². The molecule has 0 bridgehead atoms. The molecule has 0 aliphatic rings. The monoisotopic (exact) mass is 443 g/mol. The first-order valence-electron chi connectivity index (χ1n) is 10.1. The van der Waals surface area contributed by atoms with Crippen LogP contribution < -0.4 is 9.62 Å². The van der Waals surface area contributed by atoms with Crippen LogP contribution in [0.15, 0.2) is 42.6 Å². The van der Waals surface area contributed by atoms with Crippen LogP contribution in [-0.2, 0) is 21.9 Å². The minimum absolute atomic E-state index is 0.0100. The highest BCUT2D eigenvalue weighted by Crippen LogP contribution is 2.23. The fourth-order valence-electron chi connectivity index (χ4n) is 3.25. The standard InChI is InChI=1S/C22H29N5O3S/c1-22(2,3)17-8-6-16(7-9-17)19(28)14-18-15-21(27-20(25-18)10-11-23-27)26(4)13-12-24-31(5,29)30/h6-11,15,24H,12-14H2,1-5H3. The molecular formula is C22H29N5O3S. The Balaban J connectivity index is 1.80. The molecule has 2 heterocycles. The highest BCUT2D eigenvalue weighted by molar-refractivity contribution is 7.88. The number of aromatic nitrogens is 3. The van der Waals surface area contributed by atoms with Gasteiger partial charge in [-0.3, -0.25) is 4.79 Å². The predicted octanol–water partition coefficient (Wildman–Crippen LogP) is 2.44. The molecule has 3 aromatic rings. The molecule has 0 atom stereocenters. The summed E-state index contributed by atoms with van der Waals surface area (Å²) in [7, 11) is -1.41. The summed E-state index contributed by atoms with van der Waals surface area (Å²) < 4.78 is 26.8. The SMILES string of the molecule is CN(CCNS(C)(=O)=O)c1cc(CC(=O)c2ccc(C(C)(C)C)cc2)nc2ccnn12. The van der Waals surface area contributed by atoms with Gasteiger partial charge in [0.2, 0.25) is 10.0 Å². The Bertz CT molecular complexity index is 1180. The van der Waals surface area contributed by atoms with E-state index in [1.54, 1.807) is 16.8 Å². The molecule has 1 N–H and O–H groups in total. The summed E-state index contributed by atoms with van der Waals surface area (Å²) >= 11 is 0. The van der Waals surface area contributed by atoms with Crippen molar-refractivity contribution in [2.45, 2.75) is 32.6 Å². The van der Waals surface area contributed by atoms with Crippen molar-refractivity contribution in [3.63, 3.8) is 0 Å². The molecule has 0 unspecified atom stereocenters. The molecule has 0 spiro atoms. The first kappa shape index (κ1) is 22.9. The molecule has 0 aliphatic heterocycles. The van der Waals surface area contributed by atoms with Crippen LogP contribution in [0.2, 0.25) is 0 Å². The summed E-state index contributed by atoms with van der Waals surface area (Å²) in [6.07, 6.45) is 2.94. The summed E-state index contributed by atoms with van der Waals surface area (Å²) in [6, 6.07) is 11.3. The molecule has 8 nitrogen and oxygen atoms in total. The Morgan fingerprint density at radius 2 is 1.84 bits per heavy atom. The van der Waals surface area contributed by atoms with Gasteiger partial charge in [0.05, 0.1) is 24.6 Å². The van der Waals surface area contributed by atoms with E-state index in [1.807, 2.05) is 42.3 Å². The van der Waals surface area contributed by atoms with Gasteiger partial charge in [-0.1, -0.05) is 45.0 Å². The molecule has 0 saturated heterocycles. The number of carbonyl (C=O) groups excluding carboxylic acids is 1. The summed E-state index contributed by atoms with van der Waals surface area (Å²) in [4.78, 5) is 19.3. The van der Waals surface area contributed by atoms with Gasteiger partial charge in [-0.2, -0.15) is 9.61 Å². The molecule has 0 saturated carbocycles. The number of rotatable bonds is 8. The second-order valence-corrected chi connectivity index (χ2v) is 10.6. The molecule has 3 rings (SSSR count). The van der Waals surface area contributed by atoms with E-state index >= 15 is 0 Å². The maximum atomic E-state index is 12.9. The Labute approximate surface area is 183 Å². The number of carbonyl (C=O) groups is 1. The Morgan fingerprint density at radius 3 is 2.45 bits per heavy atom. The molecule has 0 fully saturated rings. The molecule has 9 heteroatoms. The van der Waals surface area contributed by atoms with Crippen LogP contribution in [0.25, 0.3) is 5.65 Å². The zero-order valence-corrected chi connectivity index (χ0v) is 19.4. The van der Waals surface area contributed by atoms with Crippen molar-refractivity contribution in [3.05, 3.63) is 59.4 Å². The number of likely N-dealkylation sites (N-methyl/N-ethyl adjacent to an activating group) is 1. The number of Topliss-reactive ketones (excluding diaryl/α,β-unsaturated/α-hetero) is 1. The lowest BCUT2D eigenvalue weighted by Gasteiger charge is -2.21. The molecule has 0 amide bonds. The third-order valence-electron chi connectivity index (χ3n) is 5.01. The lowest BCUT2D eigenvalue weighted by Crippen LogP contribution is -2.33. The van der Waals surface area contributed by atoms with Gasteiger partial charge in [0.25, 0.3) is 0 Å². The van der Waals surface area contributed by atoms with E-state index in [2.05, 4.69) is 35.6 Å². The van der Waals surface area contributed by atoms with Gasteiger partial charge < -0.3 is 4.90 Å². The van der Waals surface area contributed by atoms with Crippen LogP contribution in [0.5, 0.6) is 0 Å². The normalized spacial score (nSPS) is 12.3. The van der Waals surface area contributed by atoms with Crippen LogP contribution in [0.1, 0.15) is 42.4 Å². The number of sulfonamides is 1. The van der Waals surface area contributed by atoms with Crippen LogP contribution in [0.3, 0.4) is 0 Å². The predicted molar refractivity (Wildman–Crippen MR) is 122 cm³/mol. The summed E-state index contributed by atoms with van der Waals surface area (Å²) in [6.45, 7) is 7.11. The Hall–Kier alpha value is -2.78. The van der Waals surface area contributed by atoms with Gasteiger partial charge in [-0.15, -0.1) is 0 Å². The molecule has 0 radical (unpaired) electrons. The van der Waals surface area contributed by atoms with Gasteiger partial charge >= 0.3 is 0 Å². The first-order chi connectivity index (χ1) is 14.4. The number of fused-ring (bicyclic) bond motifs is 1. The van der Waals surface area contributed by atoms with E-state index < -0.39 is 10.0 Å². The number of hydrogen-bond acceptors (Lipinski definition) is 6. The van der Waals surface area contributed by atoms with Gasteiger partial charge in [0.1, 0.15) is 5.82 Å². The third kappa shape index (κ3) is 5.89. The third-order valence-corrected chi connectivity index (χ3v) is 5.74. The molecule has 2 aromatic heterocycles. The first-order valence-corrected chi connectivity index (χ1v) is 12.0. The van der Waals surface area contributed by atoms with Crippen molar-refractivity contribution in [2.75, 3.05) is 31.3 Å². The van der Waals surface area contributed by atoms with E-state index in [0.29, 0.717) is 23.4 Å². The number of nitrogens with zero attached hydrogens (tertiary/aromatic N) is 4. The molecule has 1 aromatic carbocycles. The number of hydrogen-bond donors (Lipinski definition) is 1. The second kappa shape index (κ2) is 8.76. The lowest BCUT2D eigenvalue weighted by molar-refractivity contribution is 0.0992. The highest BCUT2D eigenvalue weighted by atomic mass is 32.2. The number of anilines is 1. The summed E-state index contributed by atoms with van der Waals surface area (Å²) in [5.74, 6) is 0.723. The minimum Gasteiger partial charge on any atom is -0.358 e. The topological polar surface area (TPSA) is 96.7 Å². The molecule has 31 heavy (non-hydrogen) atoms. The quantitative estimate of drug-likeness (QED) is 0.537. The number of ketones is 1. The van der Waals surface area contributed by atoms with E-state index in [1.165, 1.54) is 5.56 Å². The van der Waals surface area contributed by atoms with Crippen LogP contribution >= 0.6 is 0 Å². The number of benzene rings is 1. The van der Waals surface area contributed by atoms with Gasteiger partial charge in [0, 0.05) is 37.8 Å². The van der Waals surface area contributed by atoms with Crippen LogP contribution in [-0.4, -0.2) is 55.2 Å². The number of nitrogens with one attached hydrogen (secondary N) is 1. The van der Waals surface area contributed by atoms with Crippen molar-refractivity contribution in [3.8, 4) is 0 Å². The Morgan fingerprint density at radius 1 is 1.16 bits per heavy atom. The summed E-state index contributed by atoms with van der Waals surface area (Å²) in [5, 5.41) is 4.30. The van der Waals surface area contributed by atoms with Crippen molar-refractivity contribution in [2.24, 2.45) is 0 Å². The van der Waals surface area contributed by atoms with Gasteiger partial charge in [-0.25, -0.2) is 18.1 Å². The van der Waals surface area contributed by atoms with E-state index in [9.17, 15) is 13.2 Å². The summed E-state index contributed by atoms with van der Waals surface area (Å²) in [5.41, 5.74) is 3.12. The molecule has 0 aliphatic carbocycles. The lowest BCUT2D eigenvalue weighted by atomic mass is 9.86. The van der Waals surface area contributed by atoms with Crippen molar-refractivity contribution in [1.29, 1.82) is 0 Å². The van der Waals surface area contributed by atoms with Gasteiger partial charge in [0.15, 0.2) is 11.4 Å². The van der Waals surface area contributed by atoms with Crippen LogP contribution in [0.4, 0.5) is 5.82 Å². The fraction of sp³-hybridized carbons (Fsp3) is 0.409. The van der Waals surface area contributed by atoms with E-state index in [0.717, 1.165) is 12.1 Å². The minimum atomic E-state index is -3.26. The zero-order valence-electron chi connectivity index (χ0n) is 18.6. The van der Waals surface area contributed by atoms with Crippen molar-refractivity contribution in [1.82, 2.24) is 19.3 Å². The second-order valence-electron chi connectivity index (χ2n) is 8.72. The van der Waals surface area contributed by atoms with Crippen LogP contribution in [0, 0.1) is 0 Å². The highest BCUT2D eigenvalue weighted by Gasteiger charge is 2.17.